The van der Waals surface area contributed by atoms with Gasteiger partial charge in [0.15, 0.2) is 0 Å². The molecule has 1 N–H and O–H groups in total. The molecule has 0 spiro atoms. The van der Waals surface area contributed by atoms with Crippen LogP contribution in [-0.2, 0) is 4.79 Å². The third-order valence-electron chi connectivity index (χ3n) is 2.46. The molecule has 3 nitrogen and oxygen atoms in total. The third-order valence-corrected chi connectivity index (χ3v) is 2.99. The second kappa shape index (κ2) is 6.17. The Balaban J connectivity index is 2.31. The summed E-state index contributed by atoms with van der Waals surface area (Å²) in [5, 5.41) is 2.74. The van der Waals surface area contributed by atoms with Crippen molar-refractivity contribution in [1.82, 2.24) is 0 Å². The molecule has 2 rings (SSSR count). The van der Waals surface area contributed by atoms with Crippen molar-refractivity contribution < 1.29 is 22.4 Å². The Hall–Kier alpha value is -2.02. The van der Waals surface area contributed by atoms with Gasteiger partial charge in [-0.25, -0.2) is 0 Å². The fourth-order valence-corrected chi connectivity index (χ4v) is 1.77. The molecule has 0 aliphatic heterocycles. The number of halogens is 4. The smallest absolute Gasteiger partial charge is 0.454 e. The summed E-state index contributed by atoms with van der Waals surface area (Å²) in [6, 6.07) is 9.71. The number of rotatable bonds is 4. The second-order valence-electron chi connectivity index (χ2n) is 4.03. The lowest BCUT2D eigenvalue weighted by molar-refractivity contribution is -0.165. The molecule has 1 heterocycles. The van der Waals surface area contributed by atoms with Crippen LogP contribution in [0.25, 0.3) is 5.70 Å². The number of carbonyl (C=O) groups is 1. The summed E-state index contributed by atoms with van der Waals surface area (Å²) in [5.41, 5.74) is 0.459. The van der Waals surface area contributed by atoms with E-state index in [0.29, 0.717) is 11.8 Å². The molecule has 1 aromatic carbocycles. The SMILES string of the molecule is O=C(/C=C(\Nc1ccc(Br)cc1)c1ccco1)C(F)(F)F. The molecule has 0 radical (unpaired) electrons. The van der Waals surface area contributed by atoms with Crippen molar-refractivity contribution in [1.29, 1.82) is 0 Å². The van der Waals surface area contributed by atoms with Gasteiger partial charge in [0.1, 0.15) is 5.76 Å². The van der Waals surface area contributed by atoms with E-state index in [9.17, 15) is 18.0 Å². The number of hydrogen-bond donors (Lipinski definition) is 1. The number of benzene rings is 1. The van der Waals surface area contributed by atoms with Crippen molar-refractivity contribution in [3.8, 4) is 0 Å². The van der Waals surface area contributed by atoms with Gasteiger partial charge in [-0.2, -0.15) is 13.2 Å². The number of ketones is 1. The van der Waals surface area contributed by atoms with E-state index in [0.717, 1.165) is 4.47 Å². The fraction of sp³-hybridized carbons (Fsp3) is 0.0714. The zero-order chi connectivity index (χ0) is 15.5. The summed E-state index contributed by atoms with van der Waals surface area (Å²) in [4.78, 5) is 11.1. The van der Waals surface area contributed by atoms with E-state index in [2.05, 4.69) is 21.2 Å². The number of hydrogen-bond acceptors (Lipinski definition) is 3. The predicted molar refractivity (Wildman–Crippen MR) is 75.5 cm³/mol. The van der Waals surface area contributed by atoms with Crippen LogP contribution in [0.2, 0.25) is 0 Å². The van der Waals surface area contributed by atoms with Gasteiger partial charge in [-0.05, 0) is 36.4 Å². The minimum atomic E-state index is -4.93. The van der Waals surface area contributed by atoms with Gasteiger partial charge in [0, 0.05) is 16.2 Å². The van der Waals surface area contributed by atoms with Gasteiger partial charge in [0.25, 0.3) is 5.78 Å². The third kappa shape index (κ3) is 4.22. The van der Waals surface area contributed by atoms with Gasteiger partial charge >= 0.3 is 6.18 Å². The number of carbonyl (C=O) groups excluding carboxylic acids is 1. The van der Waals surface area contributed by atoms with E-state index < -0.39 is 12.0 Å². The Labute approximate surface area is 126 Å². The average Bonchev–Trinajstić information content (AvgIpc) is 2.93. The van der Waals surface area contributed by atoms with Crippen LogP contribution in [0.1, 0.15) is 5.76 Å². The van der Waals surface area contributed by atoms with Gasteiger partial charge < -0.3 is 9.73 Å². The summed E-state index contributed by atoms with van der Waals surface area (Å²) in [5.74, 6) is -1.82. The van der Waals surface area contributed by atoms with Crippen LogP contribution in [0.4, 0.5) is 18.9 Å². The molecule has 0 amide bonds. The lowest BCUT2D eigenvalue weighted by Gasteiger charge is -2.10. The summed E-state index contributed by atoms with van der Waals surface area (Å²) in [6.45, 7) is 0. The molecule has 0 fully saturated rings. The average molecular weight is 360 g/mol. The molecule has 0 saturated carbocycles. The highest BCUT2D eigenvalue weighted by molar-refractivity contribution is 9.10. The normalized spacial score (nSPS) is 12.3. The van der Waals surface area contributed by atoms with Crippen molar-refractivity contribution in [2.24, 2.45) is 0 Å². The molecule has 0 aliphatic carbocycles. The largest absolute Gasteiger partial charge is 0.463 e. The maximum absolute atomic E-state index is 12.4. The lowest BCUT2D eigenvalue weighted by atomic mass is 10.2. The van der Waals surface area contributed by atoms with Crippen molar-refractivity contribution in [3.05, 3.63) is 59.0 Å². The highest BCUT2D eigenvalue weighted by Gasteiger charge is 2.37. The molecule has 0 aliphatic rings. The fourth-order valence-electron chi connectivity index (χ4n) is 1.50. The van der Waals surface area contributed by atoms with Gasteiger partial charge in [0.2, 0.25) is 0 Å². The van der Waals surface area contributed by atoms with E-state index in [-0.39, 0.29) is 11.5 Å². The van der Waals surface area contributed by atoms with Crippen molar-refractivity contribution >= 4 is 33.1 Å². The first-order valence-corrected chi connectivity index (χ1v) is 6.55. The Bertz CT molecular complexity index is 646. The van der Waals surface area contributed by atoms with Crippen LogP contribution in [0.3, 0.4) is 0 Å². The second-order valence-corrected chi connectivity index (χ2v) is 4.94. The molecule has 0 atom stereocenters. The quantitative estimate of drug-likeness (QED) is 0.809. The standard InChI is InChI=1S/C14H9BrF3NO2/c15-9-3-5-10(6-4-9)19-11(12-2-1-7-21-12)8-13(20)14(16,17)18/h1-8,19H/b11-8-. The minimum absolute atomic E-state index is 0.0651. The van der Waals surface area contributed by atoms with Gasteiger partial charge in [0.05, 0.1) is 12.0 Å². The van der Waals surface area contributed by atoms with Crippen LogP contribution in [-0.4, -0.2) is 12.0 Å². The molecule has 0 bridgehead atoms. The predicted octanol–water partition coefficient (Wildman–Crippen LogP) is 4.63. The maximum atomic E-state index is 12.4. The highest BCUT2D eigenvalue weighted by Crippen LogP contribution is 2.24. The van der Waals surface area contributed by atoms with E-state index in [1.165, 1.54) is 18.4 Å². The van der Waals surface area contributed by atoms with E-state index in [4.69, 9.17) is 4.42 Å². The first kappa shape index (κ1) is 15.4. The molecule has 1 aromatic heterocycles. The number of furan rings is 1. The van der Waals surface area contributed by atoms with E-state index >= 15 is 0 Å². The van der Waals surface area contributed by atoms with Gasteiger partial charge in [-0.1, -0.05) is 15.9 Å². The van der Waals surface area contributed by atoms with E-state index in [1.54, 1.807) is 24.3 Å². The monoisotopic (exact) mass is 359 g/mol. The van der Waals surface area contributed by atoms with Crippen LogP contribution >= 0.6 is 15.9 Å². The molecule has 0 saturated heterocycles. The maximum Gasteiger partial charge on any atom is 0.454 e. The molecular formula is C14H9BrF3NO2. The number of nitrogens with one attached hydrogen (secondary N) is 1. The molecule has 7 heteroatoms. The van der Waals surface area contributed by atoms with Gasteiger partial charge in [-0.3, -0.25) is 4.79 Å². The van der Waals surface area contributed by atoms with Crippen molar-refractivity contribution in [2.75, 3.05) is 5.32 Å². The van der Waals surface area contributed by atoms with Crippen molar-refractivity contribution in [3.63, 3.8) is 0 Å². The minimum Gasteiger partial charge on any atom is -0.463 e. The molecule has 21 heavy (non-hydrogen) atoms. The Morgan fingerprint density at radius 1 is 1.19 bits per heavy atom. The van der Waals surface area contributed by atoms with E-state index in [1.807, 2.05) is 0 Å². The Morgan fingerprint density at radius 3 is 2.38 bits per heavy atom. The first-order valence-electron chi connectivity index (χ1n) is 5.75. The van der Waals surface area contributed by atoms with Crippen LogP contribution in [0.15, 0.2) is 57.6 Å². The van der Waals surface area contributed by atoms with Crippen LogP contribution in [0, 0.1) is 0 Å². The summed E-state index contributed by atoms with van der Waals surface area (Å²) < 4.78 is 43.0. The molecule has 0 unspecified atom stereocenters. The van der Waals surface area contributed by atoms with Crippen LogP contribution in [0.5, 0.6) is 0 Å². The van der Waals surface area contributed by atoms with Crippen LogP contribution < -0.4 is 5.32 Å². The Kier molecular flexibility index (Phi) is 4.52. The lowest BCUT2D eigenvalue weighted by Crippen LogP contribution is -2.21. The first-order chi connectivity index (χ1) is 9.86. The molecule has 2 aromatic rings. The number of alkyl halides is 3. The summed E-state index contributed by atoms with van der Waals surface area (Å²) in [6.07, 6.45) is -3.15. The summed E-state index contributed by atoms with van der Waals surface area (Å²) in [7, 11) is 0. The summed E-state index contributed by atoms with van der Waals surface area (Å²) >= 11 is 3.25. The molecule has 110 valence electrons. The highest BCUT2D eigenvalue weighted by atomic mass is 79.9. The zero-order valence-electron chi connectivity index (χ0n) is 10.4. The van der Waals surface area contributed by atoms with Crippen molar-refractivity contribution in [2.45, 2.75) is 6.18 Å². The topological polar surface area (TPSA) is 42.2 Å². The molecular weight excluding hydrogens is 351 g/mol. The number of anilines is 1. The zero-order valence-corrected chi connectivity index (χ0v) is 12.0. The van der Waals surface area contributed by atoms with Gasteiger partial charge in [-0.15, -0.1) is 0 Å². The number of allylic oxidation sites excluding steroid dienone is 1. The Morgan fingerprint density at radius 2 is 1.86 bits per heavy atom.